The van der Waals surface area contributed by atoms with E-state index in [1.165, 1.54) is 4.90 Å². The monoisotopic (exact) mass is 362 g/mol. The van der Waals surface area contributed by atoms with Crippen molar-refractivity contribution in [3.05, 3.63) is 45.9 Å². The van der Waals surface area contributed by atoms with Gasteiger partial charge >= 0.3 is 0 Å². The van der Waals surface area contributed by atoms with Gasteiger partial charge in [0.25, 0.3) is 0 Å². The molecule has 2 heterocycles. The normalized spacial score (nSPS) is 10.8. The largest absolute Gasteiger partial charge is 0.382 e. The van der Waals surface area contributed by atoms with Crippen LogP contribution in [0.5, 0.6) is 0 Å². The van der Waals surface area contributed by atoms with Crippen LogP contribution in [-0.4, -0.2) is 21.4 Å². The van der Waals surface area contributed by atoms with Crippen molar-refractivity contribution in [2.45, 2.75) is 6.54 Å². The molecule has 0 unspecified atom stereocenters. The summed E-state index contributed by atoms with van der Waals surface area (Å²) in [5.41, 5.74) is 13.1. The van der Waals surface area contributed by atoms with Gasteiger partial charge in [-0.05, 0) is 29.8 Å². The Labute approximate surface area is 147 Å². The van der Waals surface area contributed by atoms with Crippen LogP contribution in [0, 0.1) is 0 Å². The summed E-state index contributed by atoms with van der Waals surface area (Å²) in [6, 6.07) is 8.48. The molecule has 0 atom stereocenters. The smallest absolute Gasteiger partial charge is 0.222 e. The lowest BCUT2D eigenvalue weighted by Crippen LogP contribution is -2.21. The maximum atomic E-state index is 11.5. The van der Waals surface area contributed by atoms with Crippen molar-refractivity contribution in [3.63, 3.8) is 0 Å². The summed E-state index contributed by atoms with van der Waals surface area (Å²) in [6.07, 6.45) is 0.672. The van der Waals surface area contributed by atoms with Crippen molar-refractivity contribution in [1.29, 1.82) is 0 Å². The van der Waals surface area contributed by atoms with Gasteiger partial charge < -0.3 is 11.5 Å². The van der Waals surface area contributed by atoms with Crippen LogP contribution < -0.4 is 16.4 Å². The number of hydrogen-bond acceptors (Lipinski definition) is 6. The number of amides is 1. The van der Waals surface area contributed by atoms with Gasteiger partial charge in [0.15, 0.2) is 5.82 Å². The molecule has 1 amide bonds. The Bertz CT molecular complexity index is 933. The molecule has 0 bridgehead atoms. The van der Waals surface area contributed by atoms with E-state index in [4.69, 9.17) is 34.7 Å². The molecule has 7 nitrogen and oxygen atoms in total. The van der Waals surface area contributed by atoms with E-state index >= 15 is 0 Å². The van der Waals surface area contributed by atoms with E-state index in [0.29, 0.717) is 33.3 Å². The first-order valence-corrected chi connectivity index (χ1v) is 7.59. The first-order chi connectivity index (χ1) is 11.5. The molecule has 24 heavy (non-hydrogen) atoms. The highest BCUT2D eigenvalue weighted by Gasteiger charge is 2.12. The predicted molar refractivity (Wildman–Crippen MR) is 94.9 cm³/mol. The fourth-order valence-electron chi connectivity index (χ4n) is 2.21. The lowest BCUT2D eigenvalue weighted by atomic mass is 10.2. The Morgan fingerprint density at radius 3 is 2.54 bits per heavy atom. The SMILES string of the molecule is Nc1nc(N)c2nc(N(C=O)Cc3ccc(Cl)c(Cl)c3)ccc2n1. The molecule has 1 aromatic carbocycles. The number of carbonyl (C=O) groups excluding carboxylic acids is 1. The van der Waals surface area contributed by atoms with Crippen LogP contribution in [0.3, 0.4) is 0 Å². The summed E-state index contributed by atoms with van der Waals surface area (Å²) in [5, 5.41) is 0.865. The summed E-state index contributed by atoms with van der Waals surface area (Å²) in [5.74, 6) is 0.626. The minimum Gasteiger partial charge on any atom is -0.382 e. The molecule has 0 aliphatic heterocycles. The molecule has 4 N–H and O–H groups in total. The average Bonchev–Trinajstić information content (AvgIpc) is 2.55. The lowest BCUT2D eigenvalue weighted by Gasteiger charge is -2.17. The molecule has 0 aliphatic rings. The Morgan fingerprint density at radius 1 is 1.04 bits per heavy atom. The first kappa shape index (κ1) is 16.2. The summed E-state index contributed by atoms with van der Waals surface area (Å²) in [7, 11) is 0. The molecule has 0 aliphatic carbocycles. The molecule has 3 rings (SSSR count). The maximum Gasteiger partial charge on any atom is 0.222 e. The van der Waals surface area contributed by atoms with E-state index in [9.17, 15) is 4.79 Å². The summed E-state index contributed by atoms with van der Waals surface area (Å²) in [4.78, 5) is 25.2. The van der Waals surface area contributed by atoms with Gasteiger partial charge in [0, 0.05) is 0 Å². The number of hydrogen-bond donors (Lipinski definition) is 2. The number of rotatable bonds is 4. The van der Waals surface area contributed by atoms with Crippen molar-refractivity contribution in [1.82, 2.24) is 15.0 Å². The summed E-state index contributed by atoms with van der Waals surface area (Å²) in [6.45, 7) is 0.272. The maximum absolute atomic E-state index is 11.5. The van der Waals surface area contributed by atoms with Crippen molar-refractivity contribution >= 4 is 58.2 Å². The first-order valence-electron chi connectivity index (χ1n) is 6.83. The van der Waals surface area contributed by atoms with Crippen LogP contribution in [0.25, 0.3) is 11.0 Å². The third-order valence-corrected chi connectivity index (χ3v) is 4.07. The fraction of sp³-hybridized carbons (Fsp3) is 0.0667. The average molecular weight is 363 g/mol. The number of fused-ring (bicyclic) bond motifs is 1. The number of halogens is 2. The molecule has 0 radical (unpaired) electrons. The number of nitrogen functional groups attached to an aromatic ring is 2. The summed E-state index contributed by atoms with van der Waals surface area (Å²) < 4.78 is 0. The number of nitrogens with two attached hydrogens (primary N) is 2. The Hall–Kier alpha value is -2.64. The van der Waals surface area contributed by atoms with E-state index in [0.717, 1.165) is 5.56 Å². The Kier molecular flexibility index (Phi) is 4.37. The van der Waals surface area contributed by atoms with Crippen LogP contribution in [0.15, 0.2) is 30.3 Å². The molecule has 122 valence electrons. The Morgan fingerprint density at radius 2 is 1.83 bits per heavy atom. The fourth-order valence-corrected chi connectivity index (χ4v) is 2.53. The van der Waals surface area contributed by atoms with Gasteiger partial charge in [-0.25, -0.2) is 9.97 Å². The molecule has 0 spiro atoms. The zero-order valence-corrected chi connectivity index (χ0v) is 13.8. The molecular weight excluding hydrogens is 351 g/mol. The zero-order valence-electron chi connectivity index (χ0n) is 12.3. The predicted octanol–water partition coefficient (Wildman–Crippen LogP) is 2.66. The number of aromatic nitrogens is 3. The number of nitrogens with zero attached hydrogens (tertiary/aromatic N) is 4. The topological polar surface area (TPSA) is 111 Å². The molecule has 0 fully saturated rings. The van der Waals surface area contributed by atoms with Gasteiger partial charge in [-0.2, -0.15) is 4.98 Å². The van der Waals surface area contributed by atoms with E-state index in [2.05, 4.69) is 15.0 Å². The highest BCUT2D eigenvalue weighted by molar-refractivity contribution is 6.42. The number of anilines is 3. The standard InChI is InChI=1S/C15H12Cl2N6O/c16-9-2-1-8(5-10(9)17)6-23(7-24)12-4-3-11-13(21-12)14(18)22-15(19)20-11/h1-5,7H,6H2,(H4,18,19,20,22). The number of carbonyl (C=O) groups is 1. The minimum absolute atomic E-state index is 0.0672. The second kappa shape index (κ2) is 6.46. The molecular formula is C15H12Cl2N6O. The highest BCUT2D eigenvalue weighted by Crippen LogP contribution is 2.25. The van der Waals surface area contributed by atoms with Gasteiger partial charge in [0.05, 0.1) is 22.1 Å². The van der Waals surface area contributed by atoms with Gasteiger partial charge in [-0.1, -0.05) is 29.3 Å². The molecule has 0 saturated carbocycles. The molecule has 2 aromatic heterocycles. The Balaban J connectivity index is 1.97. The third-order valence-electron chi connectivity index (χ3n) is 3.33. The van der Waals surface area contributed by atoms with Crippen molar-refractivity contribution in [3.8, 4) is 0 Å². The lowest BCUT2D eigenvalue weighted by molar-refractivity contribution is -0.107. The van der Waals surface area contributed by atoms with Gasteiger partial charge in [0.2, 0.25) is 12.4 Å². The molecule has 0 saturated heterocycles. The van der Waals surface area contributed by atoms with Crippen LogP contribution in [-0.2, 0) is 11.3 Å². The third kappa shape index (κ3) is 3.17. The van der Waals surface area contributed by atoms with Gasteiger partial charge in [-0.3, -0.25) is 9.69 Å². The van der Waals surface area contributed by atoms with Gasteiger partial charge in [-0.15, -0.1) is 0 Å². The second-order valence-electron chi connectivity index (χ2n) is 4.99. The number of benzene rings is 1. The van der Waals surface area contributed by atoms with Crippen LogP contribution in [0.2, 0.25) is 10.0 Å². The molecule has 3 aromatic rings. The van der Waals surface area contributed by atoms with E-state index in [1.807, 2.05) is 0 Å². The van der Waals surface area contributed by atoms with E-state index in [1.54, 1.807) is 30.3 Å². The zero-order chi connectivity index (χ0) is 17.3. The summed E-state index contributed by atoms with van der Waals surface area (Å²) >= 11 is 11.9. The van der Waals surface area contributed by atoms with Crippen molar-refractivity contribution in [2.24, 2.45) is 0 Å². The van der Waals surface area contributed by atoms with Crippen molar-refractivity contribution in [2.75, 3.05) is 16.4 Å². The molecule has 9 heteroatoms. The van der Waals surface area contributed by atoms with Crippen LogP contribution in [0.1, 0.15) is 5.56 Å². The van der Waals surface area contributed by atoms with Crippen LogP contribution >= 0.6 is 23.2 Å². The van der Waals surface area contributed by atoms with E-state index in [-0.39, 0.29) is 18.3 Å². The highest BCUT2D eigenvalue weighted by atomic mass is 35.5. The number of pyridine rings is 1. The quantitative estimate of drug-likeness (QED) is 0.690. The minimum atomic E-state index is 0.0672. The van der Waals surface area contributed by atoms with Crippen molar-refractivity contribution < 1.29 is 4.79 Å². The second-order valence-corrected chi connectivity index (χ2v) is 5.80. The van der Waals surface area contributed by atoms with Gasteiger partial charge in [0.1, 0.15) is 11.3 Å². The van der Waals surface area contributed by atoms with E-state index < -0.39 is 0 Å². The van der Waals surface area contributed by atoms with Crippen LogP contribution in [0.4, 0.5) is 17.6 Å².